The Morgan fingerprint density at radius 1 is 1.28 bits per heavy atom. The predicted molar refractivity (Wildman–Crippen MR) is 74.5 cm³/mol. The van der Waals surface area contributed by atoms with Gasteiger partial charge in [0.25, 0.3) is 0 Å². The molecular formula is C15H21FN2. The van der Waals surface area contributed by atoms with E-state index in [2.05, 4.69) is 31.1 Å². The van der Waals surface area contributed by atoms with Crippen LogP contribution in [0, 0.1) is 12.7 Å². The average molecular weight is 248 g/mol. The highest BCUT2D eigenvalue weighted by Gasteiger charge is 2.13. The minimum Gasteiger partial charge on any atom is -0.356 e. The van der Waals surface area contributed by atoms with Crippen molar-refractivity contribution in [1.82, 2.24) is 10.3 Å². The summed E-state index contributed by atoms with van der Waals surface area (Å²) < 4.78 is 13.6. The van der Waals surface area contributed by atoms with E-state index in [0.717, 1.165) is 24.0 Å². The van der Waals surface area contributed by atoms with Gasteiger partial charge in [-0.1, -0.05) is 12.1 Å². The lowest BCUT2D eigenvalue weighted by molar-refractivity contribution is 0.429. The Labute approximate surface area is 108 Å². The van der Waals surface area contributed by atoms with E-state index in [9.17, 15) is 4.39 Å². The van der Waals surface area contributed by atoms with Gasteiger partial charge in [-0.05, 0) is 52.3 Å². The van der Waals surface area contributed by atoms with Crippen LogP contribution in [0.3, 0.4) is 0 Å². The third-order valence-electron chi connectivity index (χ3n) is 3.13. The number of halogens is 1. The number of fused-ring (bicyclic) bond motifs is 1. The third kappa shape index (κ3) is 2.72. The number of aryl methyl sites for hydroxylation is 1. The topological polar surface area (TPSA) is 27.8 Å². The number of aromatic amines is 1. The Bertz CT molecular complexity index is 549. The molecule has 0 aliphatic heterocycles. The van der Waals surface area contributed by atoms with E-state index in [4.69, 9.17) is 0 Å². The van der Waals surface area contributed by atoms with Crippen molar-refractivity contribution in [3.63, 3.8) is 0 Å². The molecule has 1 aromatic heterocycles. The van der Waals surface area contributed by atoms with Crippen molar-refractivity contribution in [2.45, 2.75) is 39.7 Å². The molecule has 18 heavy (non-hydrogen) atoms. The summed E-state index contributed by atoms with van der Waals surface area (Å²) in [5, 5.41) is 4.46. The molecule has 0 fully saturated rings. The van der Waals surface area contributed by atoms with Crippen molar-refractivity contribution in [3.8, 4) is 0 Å². The van der Waals surface area contributed by atoms with E-state index in [1.54, 1.807) is 6.07 Å². The lowest BCUT2D eigenvalue weighted by Crippen LogP contribution is -2.37. The summed E-state index contributed by atoms with van der Waals surface area (Å²) in [5.74, 6) is -0.175. The maximum absolute atomic E-state index is 13.6. The van der Waals surface area contributed by atoms with Gasteiger partial charge in [-0.15, -0.1) is 0 Å². The second-order valence-electron chi connectivity index (χ2n) is 5.82. The summed E-state index contributed by atoms with van der Waals surface area (Å²) in [6.07, 6.45) is 0.909. The number of rotatable bonds is 3. The standard InChI is InChI=1S/C15H21FN2/c1-10-11(8-9-17-15(2,3)4)12-6-5-7-13(16)14(12)18-10/h5-7,17-18H,8-9H2,1-4H3. The highest BCUT2D eigenvalue weighted by atomic mass is 19.1. The molecule has 0 atom stereocenters. The first-order valence-corrected chi connectivity index (χ1v) is 6.39. The zero-order chi connectivity index (χ0) is 13.3. The summed E-state index contributed by atoms with van der Waals surface area (Å²) in [4.78, 5) is 3.14. The molecule has 0 radical (unpaired) electrons. The van der Waals surface area contributed by atoms with Gasteiger partial charge in [0.1, 0.15) is 5.82 Å². The van der Waals surface area contributed by atoms with E-state index in [1.807, 2.05) is 13.0 Å². The maximum atomic E-state index is 13.6. The van der Waals surface area contributed by atoms with Gasteiger partial charge in [-0.25, -0.2) is 4.39 Å². The number of hydrogen-bond acceptors (Lipinski definition) is 1. The first-order valence-electron chi connectivity index (χ1n) is 6.39. The van der Waals surface area contributed by atoms with E-state index in [1.165, 1.54) is 11.6 Å². The minimum absolute atomic E-state index is 0.116. The summed E-state index contributed by atoms with van der Waals surface area (Å²) in [5.41, 5.74) is 3.01. The molecular weight excluding hydrogens is 227 g/mol. The number of H-pyrrole nitrogens is 1. The van der Waals surface area contributed by atoms with E-state index >= 15 is 0 Å². The summed E-state index contributed by atoms with van der Waals surface area (Å²) in [7, 11) is 0. The molecule has 0 saturated heterocycles. The molecule has 2 N–H and O–H groups in total. The summed E-state index contributed by atoms with van der Waals surface area (Å²) >= 11 is 0. The van der Waals surface area contributed by atoms with Gasteiger partial charge >= 0.3 is 0 Å². The Hall–Kier alpha value is -1.35. The molecule has 0 spiro atoms. The zero-order valence-electron chi connectivity index (χ0n) is 11.5. The Balaban J connectivity index is 2.23. The van der Waals surface area contributed by atoms with Crippen LogP contribution in [0.5, 0.6) is 0 Å². The Morgan fingerprint density at radius 2 is 2.00 bits per heavy atom. The number of benzene rings is 1. The fraction of sp³-hybridized carbons (Fsp3) is 0.467. The normalized spacial score (nSPS) is 12.3. The first-order chi connectivity index (χ1) is 8.38. The molecule has 0 aliphatic rings. The van der Waals surface area contributed by atoms with Crippen LogP contribution in [0.15, 0.2) is 18.2 Å². The molecule has 0 amide bonds. The molecule has 0 bridgehead atoms. The van der Waals surface area contributed by atoms with Gasteiger partial charge in [0.15, 0.2) is 0 Å². The van der Waals surface area contributed by atoms with Crippen molar-refractivity contribution in [1.29, 1.82) is 0 Å². The van der Waals surface area contributed by atoms with Crippen LogP contribution >= 0.6 is 0 Å². The number of para-hydroxylation sites is 1. The van der Waals surface area contributed by atoms with Gasteiger partial charge in [0.05, 0.1) is 5.52 Å². The molecule has 2 rings (SSSR count). The summed E-state index contributed by atoms with van der Waals surface area (Å²) in [6.45, 7) is 9.35. The number of hydrogen-bond donors (Lipinski definition) is 2. The molecule has 2 aromatic rings. The van der Waals surface area contributed by atoms with Crippen molar-refractivity contribution >= 4 is 10.9 Å². The predicted octanol–water partition coefficient (Wildman–Crippen LogP) is 3.55. The molecule has 98 valence electrons. The third-order valence-corrected chi connectivity index (χ3v) is 3.13. The molecule has 1 aromatic carbocycles. The smallest absolute Gasteiger partial charge is 0.147 e. The fourth-order valence-electron chi connectivity index (χ4n) is 2.25. The molecule has 2 nitrogen and oxygen atoms in total. The van der Waals surface area contributed by atoms with Crippen molar-refractivity contribution in [2.75, 3.05) is 6.54 Å². The van der Waals surface area contributed by atoms with Crippen molar-refractivity contribution < 1.29 is 4.39 Å². The molecule has 0 unspecified atom stereocenters. The molecule has 0 saturated carbocycles. The van der Waals surface area contributed by atoms with E-state index < -0.39 is 0 Å². The SMILES string of the molecule is Cc1[nH]c2c(F)cccc2c1CCNC(C)(C)C. The van der Waals surface area contributed by atoms with Gasteiger partial charge < -0.3 is 10.3 Å². The largest absolute Gasteiger partial charge is 0.356 e. The minimum atomic E-state index is -0.175. The fourth-order valence-corrected chi connectivity index (χ4v) is 2.25. The van der Waals surface area contributed by atoms with Crippen LogP contribution in [-0.2, 0) is 6.42 Å². The Kier molecular flexibility index (Phi) is 3.44. The van der Waals surface area contributed by atoms with Crippen LogP contribution < -0.4 is 5.32 Å². The van der Waals surface area contributed by atoms with Crippen LogP contribution in [0.4, 0.5) is 4.39 Å². The highest BCUT2D eigenvalue weighted by Crippen LogP contribution is 2.24. The van der Waals surface area contributed by atoms with Gasteiger partial charge in [0.2, 0.25) is 0 Å². The second kappa shape index (κ2) is 4.73. The zero-order valence-corrected chi connectivity index (χ0v) is 11.5. The van der Waals surface area contributed by atoms with Gasteiger partial charge in [0, 0.05) is 16.6 Å². The van der Waals surface area contributed by atoms with Crippen molar-refractivity contribution in [3.05, 3.63) is 35.3 Å². The molecule has 1 heterocycles. The van der Waals surface area contributed by atoms with Crippen LogP contribution in [0.1, 0.15) is 32.0 Å². The maximum Gasteiger partial charge on any atom is 0.147 e. The molecule has 0 aliphatic carbocycles. The van der Waals surface area contributed by atoms with Crippen LogP contribution in [-0.4, -0.2) is 17.1 Å². The highest BCUT2D eigenvalue weighted by molar-refractivity contribution is 5.85. The quantitative estimate of drug-likeness (QED) is 0.854. The molecule has 3 heteroatoms. The first kappa shape index (κ1) is 13.1. The number of aromatic nitrogens is 1. The average Bonchev–Trinajstić information content (AvgIpc) is 2.56. The lowest BCUT2D eigenvalue weighted by atomic mass is 10.1. The van der Waals surface area contributed by atoms with E-state index in [-0.39, 0.29) is 11.4 Å². The van der Waals surface area contributed by atoms with Crippen LogP contribution in [0.2, 0.25) is 0 Å². The van der Waals surface area contributed by atoms with Gasteiger partial charge in [-0.3, -0.25) is 0 Å². The Morgan fingerprint density at radius 3 is 2.67 bits per heavy atom. The second-order valence-corrected chi connectivity index (χ2v) is 5.82. The lowest BCUT2D eigenvalue weighted by Gasteiger charge is -2.20. The van der Waals surface area contributed by atoms with Crippen molar-refractivity contribution in [2.24, 2.45) is 0 Å². The van der Waals surface area contributed by atoms with Crippen LogP contribution in [0.25, 0.3) is 10.9 Å². The number of nitrogens with one attached hydrogen (secondary N) is 2. The monoisotopic (exact) mass is 248 g/mol. The summed E-state index contributed by atoms with van der Waals surface area (Å²) in [6, 6.07) is 5.25. The van der Waals surface area contributed by atoms with Gasteiger partial charge in [-0.2, -0.15) is 0 Å². The van der Waals surface area contributed by atoms with E-state index in [0.29, 0.717) is 5.52 Å².